The molecule has 1 saturated carbocycles. The quantitative estimate of drug-likeness (QED) is 0.694. The number of nitrogens with one attached hydrogen (secondary N) is 1. The van der Waals surface area contributed by atoms with Gasteiger partial charge < -0.3 is 24.3 Å². The van der Waals surface area contributed by atoms with E-state index < -0.39 is 11.3 Å². The predicted molar refractivity (Wildman–Crippen MR) is 124 cm³/mol. The van der Waals surface area contributed by atoms with Crippen LogP contribution >= 0.6 is 0 Å². The Balaban J connectivity index is 1.60. The van der Waals surface area contributed by atoms with Gasteiger partial charge in [-0.3, -0.25) is 14.4 Å². The number of pyridine rings is 1. The molecule has 8 nitrogen and oxygen atoms in total. The van der Waals surface area contributed by atoms with E-state index in [9.17, 15) is 14.4 Å². The highest BCUT2D eigenvalue weighted by atomic mass is 16.7. The second-order valence-electron chi connectivity index (χ2n) is 9.25. The Kier molecular flexibility index (Phi) is 6.72. The third kappa shape index (κ3) is 5.05. The molecule has 1 aromatic heterocycles. The fourth-order valence-corrected chi connectivity index (χ4v) is 4.49. The molecule has 2 aliphatic rings. The lowest BCUT2D eigenvalue weighted by atomic mass is 10.1. The van der Waals surface area contributed by atoms with Crippen molar-refractivity contribution in [2.45, 2.75) is 52.1 Å². The molecule has 1 aromatic carbocycles. The fourth-order valence-electron chi connectivity index (χ4n) is 4.49. The number of benzene rings is 1. The van der Waals surface area contributed by atoms with Gasteiger partial charge in [0.15, 0.2) is 11.5 Å². The topological polar surface area (TPSA) is 89.9 Å². The van der Waals surface area contributed by atoms with Crippen molar-refractivity contribution in [1.82, 2.24) is 14.8 Å². The molecule has 1 aliphatic carbocycles. The summed E-state index contributed by atoms with van der Waals surface area (Å²) in [6.45, 7) is 4.96. The highest BCUT2D eigenvalue weighted by molar-refractivity contribution is 5.99. The zero-order valence-corrected chi connectivity index (χ0v) is 19.4. The zero-order chi connectivity index (χ0) is 23.5. The molecule has 2 aromatic rings. The van der Waals surface area contributed by atoms with Crippen LogP contribution in [0.2, 0.25) is 0 Å². The lowest BCUT2D eigenvalue weighted by molar-refractivity contribution is 0.0776. The van der Waals surface area contributed by atoms with E-state index in [-0.39, 0.29) is 42.3 Å². The first-order chi connectivity index (χ1) is 15.8. The van der Waals surface area contributed by atoms with Gasteiger partial charge in [-0.15, -0.1) is 0 Å². The van der Waals surface area contributed by atoms with Crippen molar-refractivity contribution in [1.29, 1.82) is 0 Å². The Morgan fingerprint density at radius 1 is 1.12 bits per heavy atom. The van der Waals surface area contributed by atoms with Crippen molar-refractivity contribution in [2.24, 2.45) is 5.92 Å². The Hall–Kier alpha value is -3.29. The van der Waals surface area contributed by atoms with Crippen LogP contribution in [0.25, 0.3) is 0 Å². The van der Waals surface area contributed by atoms with Crippen LogP contribution in [0.5, 0.6) is 11.5 Å². The van der Waals surface area contributed by atoms with Crippen molar-refractivity contribution in [3.05, 3.63) is 57.5 Å². The minimum Gasteiger partial charge on any atom is -0.454 e. The number of carbonyl (C=O) groups is 2. The van der Waals surface area contributed by atoms with Crippen molar-refractivity contribution in [3.63, 3.8) is 0 Å². The van der Waals surface area contributed by atoms with E-state index in [0.717, 1.165) is 31.2 Å². The molecule has 0 spiro atoms. The molecule has 1 fully saturated rings. The first-order valence-corrected chi connectivity index (χ1v) is 11.5. The molecule has 0 radical (unpaired) electrons. The number of fused-ring (bicyclic) bond motifs is 1. The van der Waals surface area contributed by atoms with Crippen LogP contribution in [0, 0.1) is 5.92 Å². The summed E-state index contributed by atoms with van der Waals surface area (Å²) in [7, 11) is 1.69. The minimum atomic E-state index is -0.534. The zero-order valence-electron chi connectivity index (χ0n) is 19.4. The van der Waals surface area contributed by atoms with Gasteiger partial charge in [-0.2, -0.15) is 0 Å². The van der Waals surface area contributed by atoms with Crippen molar-refractivity contribution < 1.29 is 19.1 Å². The maximum Gasteiger partial charge on any atom is 0.259 e. The third-order valence-electron chi connectivity index (χ3n) is 6.14. The lowest BCUT2D eigenvalue weighted by Crippen LogP contribution is -2.37. The van der Waals surface area contributed by atoms with Gasteiger partial charge in [-0.1, -0.05) is 32.8 Å². The van der Waals surface area contributed by atoms with Crippen LogP contribution in [-0.2, 0) is 6.54 Å². The number of nitrogens with zero attached hydrogens (tertiary/aromatic N) is 2. The first-order valence-electron chi connectivity index (χ1n) is 11.5. The third-order valence-corrected chi connectivity index (χ3v) is 6.14. The molecule has 2 amide bonds. The van der Waals surface area contributed by atoms with Crippen LogP contribution < -0.4 is 20.2 Å². The lowest BCUT2D eigenvalue weighted by Gasteiger charge is -2.22. The van der Waals surface area contributed by atoms with Gasteiger partial charge in [-0.05, 0) is 36.5 Å². The number of rotatable bonds is 7. The van der Waals surface area contributed by atoms with E-state index in [2.05, 4.69) is 5.32 Å². The number of aromatic nitrogens is 1. The normalized spacial score (nSPS) is 15.2. The molecule has 4 rings (SSSR count). The maximum absolute atomic E-state index is 13.2. The Bertz CT molecular complexity index is 1100. The summed E-state index contributed by atoms with van der Waals surface area (Å²) in [6.07, 6.45) is 7.36. The van der Waals surface area contributed by atoms with E-state index in [4.69, 9.17) is 9.47 Å². The number of hydrogen-bond donors (Lipinski definition) is 1. The standard InChI is InChI=1S/C25H31N3O5/c1-16(2)12-27(3)25(31)20-14-28(18-6-4-5-7-18)13-19(23(20)29)24(30)26-11-17-8-9-21-22(10-17)33-15-32-21/h8-10,13-14,16,18H,4-7,11-12,15H2,1-3H3,(H,26,30). The molecule has 0 bridgehead atoms. The van der Waals surface area contributed by atoms with Crippen LogP contribution in [0.1, 0.15) is 71.9 Å². The molecule has 0 unspecified atom stereocenters. The predicted octanol–water partition coefficient (Wildman–Crippen LogP) is 3.35. The Morgan fingerprint density at radius 2 is 1.82 bits per heavy atom. The number of hydrogen-bond acceptors (Lipinski definition) is 5. The highest BCUT2D eigenvalue weighted by Gasteiger charge is 2.25. The van der Waals surface area contributed by atoms with Crippen LogP contribution in [0.15, 0.2) is 35.4 Å². The van der Waals surface area contributed by atoms with Crippen molar-refractivity contribution in [2.75, 3.05) is 20.4 Å². The fraction of sp³-hybridized carbons (Fsp3) is 0.480. The second-order valence-corrected chi connectivity index (χ2v) is 9.25. The smallest absolute Gasteiger partial charge is 0.259 e. The van der Waals surface area contributed by atoms with E-state index in [1.54, 1.807) is 36.5 Å². The van der Waals surface area contributed by atoms with Gasteiger partial charge in [0.25, 0.3) is 11.8 Å². The van der Waals surface area contributed by atoms with E-state index in [1.807, 2.05) is 24.5 Å². The molecule has 8 heteroatoms. The van der Waals surface area contributed by atoms with Gasteiger partial charge in [-0.25, -0.2) is 0 Å². The molecular formula is C25H31N3O5. The summed E-state index contributed by atoms with van der Waals surface area (Å²) in [5.41, 5.74) is 0.327. The van der Waals surface area contributed by atoms with Crippen LogP contribution in [0.3, 0.4) is 0 Å². The second kappa shape index (κ2) is 9.68. The summed E-state index contributed by atoms with van der Waals surface area (Å²) in [6, 6.07) is 5.62. The molecule has 0 saturated heterocycles. The summed E-state index contributed by atoms with van der Waals surface area (Å²) in [5.74, 6) is 0.716. The Labute approximate surface area is 193 Å². The molecule has 1 N–H and O–H groups in total. The highest BCUT2D eigenvalue weighted by Crippen LogP contribution is 2.32. The maximum atomic E-state index is 13.2. The average Bonchev–Trinajstić information content (AvgIpc) is 3.48. The van der Waals surface area contributed by atoms with Gasteiger partial charge in [0.2, 0.25) is 12.2 Å². The van der Waals surface area contributed by atoms with E-state index in [1.165, 1.54) is 0 Å². The first kappa shape index (κ1) is 22.9. The number of amides is 2. The van der Waals surface area contributed by atoms with Crippen molar-refractivity contribution >= 4 is 11.8 Å². The average molecular weight is 454 g/mol. The largest absolute Gasteiger partial charge is 0.454 e. The summed E-state index contributed by atoms with van der Waals surface area (Å²) in [4.78, 5) is 40.9. The molecule has 176 valence electrons. The monoisotopic (exact) mass is 453 g/mol. The molecule has 33 heavy (non-hydrogen) atoms. The van der Waals surface area contributed by atoms with Gasteiger partial charge >= 0.3 is 0 Å². The van der Waals surface area contributed by atoms with Crippen molar-refractivity contribution in [3.8, 4) is 11.5 Å². The Morgan fingerprint density at radius 3 is 2.55 bits per heavy atom. The SMILES string of the molecule is CC(C)CN(C)C(=O)c1cn(C2CCCC2)cc(C(=O)NCc2ccc3c(c2)OCO3)c1=O. The molecule has 0 atom stereocenters. The number of carbonyl (C=O) groups excluding carboxylic acids is 2. The van der Waals surface area contributed by atoms with Gasteiger partial charge in [0, 0.05) is 38.6 Å². The summed E-state index contributed by atoms with van der Waals surface area (Å²) in [5, 5.41) is 2.82. The molecule has 2 heterocycles. The van der Waals surface area contributed by atoms with E-state index >= 15 is 0 Å². The van der Waals surface area contributed by atoms with Crippen LogP contribution in [0.4, 0.5) is 0 Å². The summed E-state index contributed by atoms with van der Waals surface area (Å²) >= 11 is 0. The van der Waals surface area contributed by atoms with Gasteiger partial charge in [0.1, 0.15) is 11.1 Å². The van der Waals surface area contributed by atoms with Crippen LogP contribution in [-0.4, -0.2) is 41.7 Å². The minimum absolute atomic E-state index is 0.00793. The van der Waals surface area contributed by atoms with E-state index in [0.29, 0.717) is 18.0 Å². The molecular weight excluding hydrogens is 422 g/mol. The molecule has 1 aliphatic heterocycles. The number of ether oxygens (including phenoxy) is 2. The summed E-state index contributed by atoms with van der Waals surface area (Å²) < 4.78 is 12.6. The van der Waals surface area contributed by atoms with Gasteiger partial charge in [0.05, 0.1) is 0 Å².